The summed E-state index contributed by atoms with van der Waals surface area (Å²) in [5.41, 5.74) is 0.260. The zero-order valence-electron chi connectivity index (χ0n) is 28.3. The van der Waals surface area contributed by atoms with Crippen LogP contribution in [-0.2, 0) is 23.8 Å². The van der Waals surface area contributed by atoms with Gasteiger partial charge in [0.2, 0.25) is 0 Å². The normalized spacial score (nSPS) is 43.6. The molecule has 4 saturated carbocycles. The molecule has 6 aliphatic rings. The van der Waals surface area contributed by atoms with E-state index in [1.807, 2.05) is 0 Å². The monoisotopic (exact) mass is 613 g/mol. The third-order valence-electron chi connectivity index (χ3n) is 14.0. The second-order valence-electron chi connectivity index (χ2n) is 16.2. The van der Waals surface area contributed by atoms with E-state index in [9.17, 15) is 9.59 Å². The summed E-state index contributed by atoms with van der Waals surface area (Å²) in [6, 6.07) is 0.638. The first kappa shape index (κ1) is 32.5. The predicted octanol–water partition coefficient (Wildman–Crippen LogP) is 6.15. The average Bonchev–Trinajstić information content (AvgIpc) is 3.30. The third-order valence-corrected chi connectivity index (χ3v) is 14.0. The van der Waals surface area contributed by atoms with Crippen LogP contribution in [0.2, 0.25) is 0 Å². The molecule has 0 spiro atoms. The van der Waals surface area contributed by atoms with Gasteiger partial charge in [0.25, 0.3) is 0 Å². The zero-order valence-corrected chi connectivity index (χ0v) is 28.3. The quantitative estimate of drug-likeness (QED) is 0.186. The van der Waals surface area contributed by atoms with Gasteiger partial charge in [-0.25, -0.2) is 0 Å². The van der Waals surface area contributed by atoms with E-state index in [-0.39, 0.29) is 41.0 Å². The van der Waals surface area contributed by atoms with Gasteiger partial charge in [0.15, 0.2) is 6.10 Å². The minimum absolute atomic E-state index is 0.00289. The van der Waals surface area contributed by atoms with Crippen LogP contribution < -0.4 is 0 Å². The molecule has 0 aromatic carbocycles. The highest BCUT2D eigenvalue weighted by Crippen LogP contribution is 2.68. The summed E-state index contributed by atoms with van der Waals surface area (Å²) >= 11 is 0. The lowest BCUT2D eigenvalue weighted by Gasteiger charge is -2.62. The van der Waals surface area contributed by atoms with Crippen LogP contribution in [0.25, 0.3) is 0 Å². The summed E-state index contributed by atoms with van der Waals surface area (Å²) in [4.78, 5) is 28.0. The van der Waals surface area contributed by atoms with E-state index in [0.29, 0.717) is 36.1 Å². The molecule has 0 N–H and O–H groups in total. The molecule has 6 fully saturated rings. The van der Waals surface area contributed by atoms with Gasteiger partial charge in [-0.05, 0) is 99.4 Å². The molecule has 4 aliphatic carbocycles. The third kappa shape index (κ3) is 5.70. The first-order valence-corrected chi connectivity index (χ1v) is 18.3. The fraction of sp³-hybridized carbons (Fsp3) is 0.892. The van der Waals surface area contributed by atoms with E-state index in [0.717, 1.165) is 63.0 Å². The van der Waals surface area contributed by atoms with E-state index < -0.39 is 0 Å². The number of quaternary nitrogens is 1. The van der Waals surface area contributed by atoms with Gasteiger partial charge in [-0.15, -0.1) is 0 Å². The number of fused-ring (bicyclic) bond motifs is 5. The number of rotatable bonds is 8. The number of nitrogens with zero attached hydrogens (tertiary/aromatic N) is 2. The van der Waals surface area contributed by atoms with Crippen LogP contribution in [-0.4, -0.2) is 91.6 Å². The molecule has 2 heterocycles. The Kier molecular flexibility index (Phi) is 9.59. The average molecular weight is 614 g/mol. The molecule has 0 unspecified atom stereocenters. The topological polar surface area (TPSA) is 65.1 Å². The molecular weight excluding hydrogens is 552 g/mol. The maximum atomic E-state index is 13.2. The van der Waals surface area contributed by atoms with Crippen LogP contribution in [0.15, 0.2) is 12.7 Å². The SMILES string of the molecule is C=CC[N+]1([C@H]2C[C@H]3[C@@H]4CC[C@H]5C[C@H](OC(C)=O)[C@@H](N6CCOCC6)C[C@]5(C)[C@H]4CC[C@]3(C)[C@H]2OC(=O)CCC)CCCCC1. The van der Waals surface area contributed by atoms with E-state index in [1.165, 1.54) is 58.0 Å². The Morgan fingerprint density at radius 2 is 1.75 bits per heavy atom. The van der Waals surface area contributed by atoms with Crippen LogP contribution in [0.5, 0.6) is 0 Å². The molecule has 44 heavy (non-hydrogen) atoms. The van der Waals surface area contributed by atoms with Crippen molar-refractivity contribution in [3.05, 3.63) is 12.7 Å². The van der Waals surface area contributed by atoms with Gasteiger partial charge in [0.05, 0.1) is 32.8 Å². The molecule has 0 radical (unpaired) electrons. The minimum atomic E-state index is -0.145. The first-order valence-electron chi connectivity index (χ1n) is 18.3. The van der Waals surface area contributed by atoms with Crippen molar-refractivity contribution in [3.8, 4) is 0 Å². The molecule has 7 heteroatoms. The van der Waals surface area contributed by atoms with Crippen molar-refractivity contribution in [3.63, 3.8) is 0 Å². The Morgan fingerprint density at radius 1 is 1.00 bits per heavy atom. The number of carbonyl (C=O) groups excluding carboxylic acids is 2. The van der Waals surface area contributed by atoms with Gasteiger partial charge in [-0.3, -0.25) is 14.5 Å². The van der Waals surface area contributed by atoms with Gasteiger partial charge in [-0.1, -0.05) is 27.4 Å². The number of ether oxygens (including phenoxy) is 3. The molecule has 7 nitrogen and oxygen atoms in total. The fourth-order valence-electron chi connectivity index (χ4n) is 12.0. The van der Waals surface area contributed by atoms with Gasteiger partial charge < -0.3 is 18.7 Å². The largest absolute Gasteiger partial charge is 0.461 e. The fourth-order valence-corrected chi connectivity index (χ4v) is 12.0. The Hall–Kier alpha value is -1.44. The molecule has 2 saturated heterocycles. The lowest BCUT2D eigenvalue weighted by Crippen LogP contribution is -2.63. The van der Waals surface area contributed by atoms with E-state index >= 15 is 0 Å². The Labute approximate surface area is 267 Å². The second-order valence-corrected chi connectivity index (χ2v) is 16.2. The summed E-state index contributed by atoms with van der Waals surface area (Å²) in [6.07, 6.45) is 15.4. The van der Waals surface area contributed by atoms with Gasteiger partial charge >= 0.3 is 11.9 Å². The highest BCUT2D eigenvalue weighted by molar-refractivity contribution is 5.69. The molecule has 0 aromatic rings. The molecule has 0 amide bonds. The van der Waals surface area contributed by atoms with Gasteiger partial charge in [0.1, 0.15) is 12.1 Å². The Balaban J connectivity index is 1.31. The molecule has 248 valence electrons. The number of likely N-dealkylation sites (tertiary alicyclic amines) is 1. The van der Waals surface area contributed by atoms with Crippen molar-refractivity contribution in [1.82, 2.24) is 4.90 Å². The van der Waals surface area contributed by atoms with Crippen molar-refractivity contribution in [2.45, 2.75) is 129 Å². The first-order chi connectivity index (χ1) is 21.1. The summed E-state index contributed by atoms with van der Waals surface area (Å²) in [7, 11) is 0. The molecule has 0 aromatic heterocycles. The van der Waals surface area contributed by atoms with Gasteiger partial charge in [0, 0.05) is 44.3 Å². The number of hydrogen-bond acceptors (Lipinski definition) is 6. The van der Waals surface area contributed by atoms with Crippen molar-refractivity contribution in [1.29, 1.82) is 0 Å². The summed E-state index contributed by atoms with van der Waals surface area (Å²) < 4.78 is 19.5. The summed E-state index contributed by atoms with van der Waals surface area (Å²) in [5, 5.41) is 0. The smallest absolute Gasteiger partial charge is 0.306 e. The zero-order chi connectivity index (χ0) is 31.1. The molecule has 6 rings (SSSR count). The van der Waals surface area contributed by atoms with Crippen LogP contribution >= 0.6 is 0 Å². The van der Waals surface area contributed by atoms with Crippen molar-refractivity contribution >= 4 is 11.9 Å². The van der Waals surface area contributed by atoms with Crippen LogP contribution in [0.1, 0.15) is 105 Å². The second kappa shape index (κ2) is 13.0. The molecule has 0 bridgehead atoms. The standard InChI is InChI=1S/C37H61N2O5/c1-6-11-34(41)44-35-32(39(18-7-2)19-9-8-10-20-39)24-30-28-13-12-27-23-33(43-26(3)40)31(38-16-21-42-22-17-38)25-37(27,5)29(28)14-15-36(30,35)4/h7,27-33,35H,2,6,8-25H2,1,3-5H3/q+1/t27-,28+,29-,30-,31-,32-,33-,35-,36-,37-/m0/s1. The molecule has 2 aliphatic heterocycles. The maximum Gasteiger partial charge on any atom is 0.306 e. The van der Waals surface area contributed by atoms with E-state index in [4.69, 9.17) is 14.2 Å². The van der Waals surface area contributed by atoms with Crippen LogP contribution in [0.3, 0.4) is 0 Å². The molecular formula is C37H61N2O5+. The maximum absolute atomic E-state index is 13.2. The highest BCUT2D eigenvalue weighted by atomic mass is 16.5. The van der Waals surface area contributed by atoms with Crippen molar-refractivity contribution in [2.75, 3.05) is 45.9 Å². The number of piperidine rings is 1. The summed E-state index contributed by atoms with van der Waals surface area (Å²) in [5.74, 6) is 2.37. The highest BCUT2D eigenvalue weighted by Gasteiger charge is 2.67. The minimum Gasteiger partial charge on any atom is -0.461 e. The summed E-state index contributed by atoms with van der Waals surface area (Å²) in [6.45, 7) is 19.7. The number of hydrogen-bond donors (Lipinski definition) is 0. The van der Waals surface area contributed by atoms with E-state index in [2.05, 4.69) is 38.3 Å². The van der Waals surface area contributed by atoms with E-state index in [1.54, 1.807) is 6.92 Å². The number of carbonyl (C=O) groups is 2. The predicted molar refractivity (Wildman–Crippen MR) is 172 cm³/mol. The number of esters is 2. The lowest BCUT2D eigenvalue weighted by atomic mass is 9.44. The molecule has 10 atom stereocenters. The van der Waals surface area contributed by atoms with Crippen molar-refractivity contribution < 1.29 is 28.3 Å². The van der Waals surface area contributed by atoms with Crippen LogP contribution in [0.4, 0.5) is 0 Å². The Morgan fingerprint density at radius 3 is 2.43 bits per heavy atom. The lowest BCUT2D eigenvalue weighted by molar-refractivity contribution is -0.952. The van der Waals surface area contributed by atoms with Gasteiger partial charge in [-0.2, -0.15) is 0 Å². The van der Waals surface area contributed by atoms with Crippen molar-refractivity contribution in [2.24, 2.45) is 34.5 Å². The number of morpholine rings is 1. The Bertz CT molecular complexity index is 1050. The van der Waals surface area contributed by atoms with Crippen LogP contribution in [0, 0.1) is 34.5 Å².